The van der Waals surface area contributed by atoms with Crippen LogP contribution >= 0.6 is 27.5 Å². The van der Waals surface area contributed by atoms with Crippen LogP contribution in [0.25, 0.3) is 10.9 Å². The maximum atomic E-state index is 11.2. The molecule has 0 amide bonds. The van der Waals surface area contributed by atoms with Gasteiger partial charge in [0.1, 0.15) is 6.10 Å². The highest BCUT2D eigenvalue weighted by Gasteiger charge is 2.68. The molecule has 0 saturated heterocycles. The number of benzene rings is 1. The van der Waals surface area contributed by atoms with Crippen molar-refractivity contribution < 1.29 is 36.5 Å². The predicted octanol–water partition coefficient (Wildman–Crippen LogP) is 0.0108. The molecule has 1 aromatic carbocycles. The minimum atomic E-state index is -3.57. The van der Waals surface area contributed by atoms with Gasteiger partial charge in [0.15, 0.2) is 11.9 Å². The standard InChI is InChI=1S/C14H13BrClNO7/c15-13(23,11(20)21)14(16,24)12(22,10(19)6-18)9-5-7-3-1-2-4-8(7)17-9/h1-6,10,17,19,22-24H,(H,20,21)/t10-,12+,13+,14-/m0/s1/i5D. The lowest BCUT2D eigenvalue weighted by atomic mass is 9.83. The van der Waals surface area contributed by atoms with Gasteiger partial charge in [0.25, 0.3) is 4.51 Å². The average molecular weight is 424 g/mol. The Kier molecular flexibility index (Phi) is 4.41. The van der Waals surface area contributed by atoms with Gasteiger partial charge in [0, 0.05) is 5.52 Å². The first-order chi connectivity index (χ1) is 11.4. The lowest BCUT2D eigenvalue weighted by Crippen LogP contribution is -2.67. The molecule has 1 aromatic heterocycles. The van der Waals surface area contributed by atoms with Crippen molar-refractivity contribution in [1.29, 1.82) is 0 Å². The number of aldehydes is 1. The number of aliphatic hydroxyl groups is 4. The number of aliphatic hydroxyl groups excluding tert-OH is 1. The number of hydrogen-bond donors (Lipinski definition) is 6. The Morgan fingerprint density at radius 3 is 2.46 bits per heavy atom. The second-order valence-electron chi connectivity index (χ2n) is 5.07. The third-order valence-corrected chi connectivity index (χ3v) is 5.31. The Morgan fingerprint density at radius 1 is 1.38 bits per heavy atom. The van der Waals surface area contributed by atoms with Crippen LogP contribution < -0.4 is 0 Å². The summed E-state index contributed by atoms with van der Waals surface area (Å²) in [6.45, 7) is 0. The number of alkyl halides is 2. The van der Waals surface area contributed by atoms with E-state index in [9.17, 15) is 30.0 Å². The molecule has 4 atom stereocenters. The Hall–Kier alpha value is -1.49. The van der Waals surface area contributed by atoms with Crippen LogP contribution in [-0.4, -0.2) is 58.4 Å². The molecular formula is C14H13BrClNO7. The Bertz CT molecular complexity index is 840. The van der Waals surface area contributed by atoms with Crippen molar-refractivity contribution in [1.82, 2.24) is 4.98 Å². The number of carbonyl (C=O) groups excluding carboxylic acids is 1. The van der Waals surface area contributed by atoms with Crippen molar-refractivity contribution in [2.45, 2.75) is 21.3 Å². The molecule has 2 rings (SSSR count). The van der Waals surface area contributed by atoms with Gasteiger partial charge in [-0.3, -0.25) is 0 Å². The molecule has 0 aliphatic heterocycles. The van der Waals surface area contributed by atoms with Crippen LogP contribution in [0, 0.1) is 0 Å². The summed E-state index contributed by atoms with van der Waals surface area (Å²) in [5.41, 5.74) is -3.67. The summed E-state index contributed by atoms with van der Waals surface area (Å²) >= 11 is 8.02. The van der Waals surface area contributed by atoms with Gasteiger partial charge in [-0.15, -0.1) is 0 Å². The van der Waals surface area contributed by atoms with Crippen molar-refractivity contribution in [3.05, 3.63) is 36.0 Å². The zero-order chi connectivity index (χ0) is 19.2. The summed E-state index contributed by atoms with van der Waals surface area (Å²) in [6, 6.07) is 5.65. The number of fused-ring (bicyclic) bond motifs is 1. The number of halogens is 2. The molecule has 130 valence electrons. The van der Waals surface area contributed by atoms with Gasteiger partial charge in [-0.2, -0.15) is 0 Å². The van der Waals surface area contributed by atoms with Gasteiger partial charge in [-0.1, -0.05) is 29.8 Å². The van der Waals surface area contributed by atoms with E-state index >= 15 is 0 Å². The van der Waals surface area contributed by atoms with Crippen molar-refractivity contribution in [2.24, 2.45) is 0 Å². The molecular weight excluding hydrogens is 410 g/mol. The van der Waals surface area contributed by atoms with Crippen LogP contribution in [0.2, 0.25) is 0 Å². The molecule has 0 aliphatic rings. The topological polar surface area (TPSA) is 151 Å². The summed E-state index contributed by atoms with van der Waals surface area (Å²) < 4.78 is 4.72. The van der Waals surface area contributed by atoms with E-state index in [0.717, 1.165) is 0 Å². The highest BCUT2D eigenvalue weighted by molar-refractivity contribution is 9.10. The van der Waals surface area contributed by atoms with E-state index in [1.54, 1.807) is 12.1 Å². The first-order valence-corrected chi connectivity index (χ1v) is 7.59. The molecule has 0 fully saturated rings. The molecule has 0 radical (unpaired) electrons. The molecule has 0 spiro atoms. The van der Waals surface area contributed by atoms with E-state index in [1.807, 2.05) is 0 Å². The fourth-order valence-electron chi connectivity index (χ4n) is 2.19. The van der Waals surface area contributed by atoms with Crippen molar-refractivity contribution in [3.8, 4) is 0 Å². The second kappa shape index (κ2) is 6.10. The Balaban J connectivity index is 2.84. The highest BCUT2D eigenvalue weighted by Crippen LogP contribution is 2.48. The van der Waals surface area contributed by atoms with Gasteiger partial charge in [0.2, 0.25) is 5.06 Å². The number of hydrogen-bond acceptors (Lipinski definition) is 6. The lowest BCUT2D eigenvalue weighted by Gasteiger charge is -2.44. The van der Waals surface area contributed by atoms with Crippen LogP contribution in [0.4, 0.5) is 0 Å². The number of aromatic amines is 1. The number of carbonyl (C=O) groups is 2. The minimum absolute atomic E-state index is 0.219. The molecule has 0 unspecified atom stereocenters. The van der Waals surface area contributed by atoms with E-state index in [-0.39, 0.29) is 17.2 Å². The van der Waals surface area contributed by atoms with Gasteiger partial charge in [-0.25, -0.2) is 4.79 Å². The van der Waals surface area contributed by atoms with Crippen LogP contribution in [0.5, 0.6) is 0 Å². The highest BCUT2D eigenvalue weighted by atomic mass is 79.9. The summed E-state index contributed by atoms with van der Waals surface area (Å²) in [4.78, 5) is 24.8. The van der Waals surface area contributed by atoms with Gasteiger partial charge >= 0.3 is 5.97 Å². The van der Waals surface area contributed by atoms with Crippen LogP contribution in [-0.2, 0) is 15.2 Å². The van der Waals surface area contributed by atoms with Crippen LogP contribution in [0.1, 0.15) is 7.06 Å². The summed E-state index contributed by atoms with van der Waals surface area (Å²) in [6.07, 6.45) is -2.71. The van der Waals surface area contributed by atoms with Gasteiger partial charge in [-0.05, 0) is 33.4 Å². The normalized spacial score (nSPS) is 21.2. The minimum Gasteiger partial charge on any atom is -0.478 e. The first-order valence-electron chi connectivity index (χ1n) is 6.92. The molecule has 6 N–H and O–H groups in total. The van der Waals surface area contributed by atoms with E-state index in [0.29, 0.717) is 0 Å². The fraction of sp³-hybridized carbons (Fsp3) is 0.286. The smallest absolute Gasteiger partial charge is 0.351 e. The van der Waals surface area contributed by atoms with E-state index in [4.69, 9.17) is 18.1 Å². The Labute approximate surface area is 149 Å². The monoisotopic (exact) mass is 422 g/mol. The molecule has 1 heterocycles. The van der Waals surface area contributed by atoms with E-state index in [2.05, 4.69) is 20.9 Å². The molecule has 0 aliphatic carbocycles. The number of nitrogens with one attached hydrogen (secondary N) is 1. The molecule has 0 saturated carbocycles. The predicted molar refractivity (Wildman–Crippen MR) is 86.6 cm³/mol. The molecule has 8 nitrogen and oxygen atoms in total. The fourth-order valence-corrected chi connectivity index (χ4v) is 2.78. The molecule has 24 heavy (non-hydrogen) atoms. The number of H-pyrrole nitrogens is 1. The van der Waals surface area contributed by atoms with Crippen molar-refractivity contribution >= 4 is 50.7 Å². The summed E-state index contributed by atoms with van der Waals surface area (Å²) in [5.74, 6) is -2.11. The summed E-state index contributed by atoms with van der Waals surface area (Å²) in [7, 11) is 0. The molecule has 2 aromatic rings. The third-order valence-electron chi connectivity index (χ3n) is 3.61. The first kappa shape index (κ1) is 17.3. The molecule has 0 bridgehead atoms. The lowest BCUT2D eigenvalue weighted by molar-refractivity contribution is -0.216. The zero-order valence-corrected chi connectivity index (χ0v) is 14.1. The number of carboxylic acid groups (broad SMARTS) is 1. The van der Waals surface area contributed by atoms with Gasteiger partial charge in [0.05, 0.1) is 7.06 Å². The number of rotatable bonds is 6. The quantitative estimate of drug-likeness (QED) is 0.283. The maximum absolute atomic E-state index is 11.2. The van der Waals surface area contributed by atoms with Crippen LogP contribution in [0.3, 0.4) is 0 Å². The van der Waals surface area contributed by atoms with E-state index < -0.39 is 39.0 Å². The average Bonchev–Trinajstić information content (AvgIpc) is 2.90. The largest absolute Gasteiger partial charge is 0.478 e. The summed E-state index contributed by atoms with van der Waals surface area (Å²) in [5, 5.41) is 47.0. The van der Waals surface area contributed by atoms with E-state index in [1.165, 1.54) is 12.1 Å². The van der Waals surface area contributed by atoms with Crippen molar-refractivity contribution in [2.75, 3.05) is 0 Å². The van der Waals surface area contributed by atoms with Gasteiger partial charge < -0.3 is 35.3 Å². The maximum Gasteiger partial charge on any atom is 0.351 e. The number of para-hydroxylation sites is 1. The number of aromatic nitrogens is 1. The van der Waals surface area contributed by atoms with Crippen LogP contribution in [0.15, 0.2) is 30.3 Å². The number of carboxylic acids is 1. The van der Waals surface area contributed by atoms with Crippen molar-refractivity contribution in [3.63, 3.8) is 0 Å². The number of aliphatic carboxylic acids is 1. The second-order valence-corrected chi connectivity index (χ2v) is 6.76. The zero-order valence-electron chi connectivity index (χ0n) is 12.8. The third kappa shape index (κ3) is 2.53. The SMILES string of the molecule is [2H]c1c([C@@](O)([C@@H](O)C=O)[C@@](O)(Cl)[C@@](O)(Br)C(=O)O)[nH]c2ccccc12. The molecule has 10 heteroatoms. The Morgan fingerprint density at radius 2 is 1.96 bits per heavy atom.